The first-order valence-electron chi connectivity index (χ1n) is 13.3. The van der Waals surface area contributed by atoms with E-state index >= 15 is 0 Å². The normalized spacial score (nSPS) is 23.3. The number of ketones is 1. The van der Waals surface area contributed by atoms with Gasteiger partial charge in [-0.1, -0.05) is 78.9 Å². The first-order chi connectivity index (χ1) is 18.4. The van der Waals surface area contributed by atoms with Crippen molar-refractivity contribution in [1.82, 2.24) is 5.32 Å². The number of carboxylic acid groups (broad SMARTS) is 1. The summed E-state index contributed by atoms with van der Waals surface area (Å²) in [5, 5.41) is 12.6. The number of hydrogen-bond acceptors (Lipinski definition) is 4. The van der Waals surface area contributed by atoms with Gasteiger partial charge in [0.25, 0.3) is 0 Å². The molecule has 0 aromatic heterocycles. The molecule has 1 amide bonds. The fourth-order valence-electron chi connectivity index (χ4n) is 6.98. The highest BCUT2D eigenvalue weighted by Crippen LogP contribution is 2.73. The molecule has 4 aliphatic rings. The Morgan fingerprint density at radius 2 is 1.45 bits per heavy atom. The zero-order valence-corrected chi connectivity index (χ0v) is 21.2. The molecule has 3 saturated carbocycles. The Kier molecular flexibility index (Phi) is 6.05. The minimum Gasteiger partial charge on any atom is -0.481 e. The van der Waals surface area contributed by atoms with Gasteiger partial charge >= 0.3 is 12.1 Å². The summed E-state index contributed by atoms with van der Waals surface area (Å²) < 4.78 is 5.65. The van der Waals surface area contributed by atoms with E-state index in [1.54, 1.807) is 0 Å². The number of ether oxygens (including phenoxy) is 1. The lowest BCUT2D eigenvalue weighted by atomic mass is 9.33. The van der Waals surface area contributed by atoms with E-state index in [-0.39, 0.29) is 30.1 Å². The molecule has 6 heteroatoms. The predicted molar refractivity (Wildman–Crippen MR) is 143 cm³/mol. The number of carbonyl (C=O) groups is 3. The number of nitrogens with one attached hydrogen (secondary N) is 1. The van der Waals surface area contributed by atoms with Gasteiger partial charge in [0, 0.05) is 24.3 Å². The molecule has 4 aliphatic carbocycles. The number of fused-ring (bicyclic) bond motifs is 3. The van der Waals surface area contributed by atoms with Crippen LogP contribution < -0.4 is 5.32 Å². The lowest BCUT2D eigenvalue weighted by Crippen LogP contribution is -2.68. The second-order valence-corrected chi connectivity index (χ2v) is 11.3. The number of carbonyl (C=O) groups excluding carboxylic acids is 2. The van der Waals surface area contributed by atoms with Crippen molar-refractivity contribution in [3.63, 3.8) is 0 Å². The second kappa shape index (κ2) is 9.43. The largest absolute Gasteiger partial charge is 0.481 e. The highest BCUT2D eigenvalue weighted by Gasteiger charge is 2.70. The van der Waals surface area contributed by atoms with Crippen LogP contribution in [0.4, 0.5) is 4.79 Å². The van der Waals surface area contributed by atoms with Gasteiger partial charge < -0.3 is 15.2 Å². The molecular formula is C32H31NO5. The standard InChI is InChI=1S/C32H31NO5/c34-28(15-22(29(35)36)14-21-8-2-1-3-9-21)32-17-31(18-32,19-32)20-33-30(37)38-16-27-25-12-6-4-10-23(25)24-11-5-7-13-26(24)27/h1-13,22,27H,14-20H2,(H,33,37)(H,35,36). The highest BCUT2D eigenvalue weighted by atomic mass is 16.5. The summed E-state index contributed by atoms with van der Waals surface area (Å²) >= 11 is 0. The summed E-state index contributed by atoms with van der Waals surface area (Å²) in [6.45, 7) is 0.748. The minimum atomic E-state index is -0.930. The molecule has 38 heavy (non-hydrogen) atoms. The Bertz CT molecular complexity index is 1330. The van der Waals surface area contributed by atoms with Crippen molar-refractivity contribution in [2.45, 2.75) is 38.0 Å². The SMILES string of the molecule is O=C(NCC12CC(C(=O)CC(Cc3ccccc3)C(=O)O)(C1)C2)OCC1c2ccccc2-c2ccccc21. The molecule has 0 heterocycles. The van der Waals surface area contributed by atoms with Gasteiger partial charge in [-0.15, -0.1) is 0 Å². The summed E-state index contributed by atoms with van der Waals surface area (Å²) in [7, 11) is 0. The molecule has 7 rings (SSSR count). The fraction of sp³-hybridized carbons (Fsp3) is 0.344. The maximum Gasteiger partial charge on any atom is 0.407 e. The number of carboxylic acids is 1. The van der Waals surface area contributed by atoms with Crippen LogP contribution in [-0.2, 0) is 20.7 Å². The third-order valence-electron chi connectivity index (χ3n) is 8.79. The fourth-order valence-corrected chi connectivity index (χ4v) is 6.98. The van der Waals surface area contributed by atoms with E-state index < -0.39 is 23.4 Å². The first-order valence-corrected chi connectivity index (χ1v) is 13.3. The monoisotopic (exact) mass is 509 g/mol. The Morgan fingerprint density at radius 3 is 2.05 bits per heavy atom. The van der Waals surface area contributed by atoms with Gasteiger partial charge in [0.2, 0.25) is 0 Å². The molecule has 0 spiro atoms. The minimum absolute atomic E-state index is 0.0158. The molecular weight excluding hydrogens is 478 g/mol. The van der Waals surface area contributed by atoms with Crippen LogP contribution in [0.25, 0.3) is 11.1 Å². The Hall–Kier alpha value is -3.93. The van der Waals surface area contributed by atoms with E-state index in [2.05, 4.69) is 29.6 Å². The molecule has 3 aromatic rings. The molecule has 3 aromatic carbocycles. The molecule has 2 bridgehead atoms. The summed E-state index contributed by atoms with van der Waals surface area (Å²) in [4.78, 5) is 37.4. The summed E-state index contributed by atoms with van der Waals surface area (Å²) in [6.07, 6.45) is 2.10. The van der Waals surface area contributed by atoms with Crippen LogP contribution in [0.5, 0.6) is 0 Å². The van der Waals surface area contributed by atoms with Crippen molar-refractivity contribution in [2.75, 3.05) is 13.2 Å². The molecule has 0 aliphatic heterocycles. The molecule has 1 unspecified atom stereocenters. The van der Waals surface area contributed by atoms with Crippen LogP contribution >= 0.6 is 0 Å². The van der Waals surface area contributed by atoms with Gasteiger partial charge in [-0.2, -0.15) is 0 Å². The number of aliphatic carboxylic acids is 1. The number of benzene rings is 3. The van der Waals surface area contributed by atoms with Gasteiger partial charge in [-0.25, -0.2) is 4.79 Å². The average Bonchev–Trinajstić information content (AvgIpc) is 3.20. The van der Waals surface area contributed by atoms with Crippen LogP contribution in [0.15, 0.2) is 78.9 Å². The van der Waals surface area contributed by atoms with Gasteiger partial charge in [-0.3, -0.25) is 9.59 Å². The van der Waals surface area contributed by atoms with E-state index in [0.717, 1.165) is 5.56 Å². The van der Waals surface area contributed by atoms with Gasteiger partial charge in [0.1, 0.15) is 12.4 Å². The smallest absolute Gasteiger partial charge is 0.407 e. The molecule has 1 atom stereocenters. The topological polar surface area (TPSA) is 92.7 Å². The van der Waals surface area contributed by atoms with Gasteiger partial charge in [0.15, 0.2) is 0 Å². The second-order valence-electron chi connectivity index (χ2n) is 11.3. The van der Waals surface area contributed by atoms with Crippen LogP contribution in [-0.4, -0.2) is 36.1 Å². The Balaban J connectivity index is 0.984. The van der Waals surface area contributed by atoms with Crippen LogP contribution in [0.2, 0.25) is 0 Å². The molecule has 6 nitrogen and oxygen atoms in total. The third-order valence-corrected chi connectivity index (χ3v) is 8.79. The number of rotatable bonds is 10. The number of hydrogen-bond donors (Lipinski definition) is 2. The number of amides is 1. The highest BCUT2D eigenvalue weighted by molar-refractivity contribution is 5.91. The van der Waals surface area contributed by atoms with Crippen molar-refractivity contribution >= 4 is 17.8 Å². The van der Waals surface area contributed by atoms with Crippen LogP contribution in [0.3, 0.4) is 0 Å². The van der Waals surface area contributed by atoms with E-state index in [0.29, 0.717) is 32.2 Å². The quantitative estimate of drug-likeness (QED) is 0.371. The summed E-state index contributed by atoms with van der Waals surface area (Å²) in [5.74, 6) is -1.58. The summed E-state index contributed by atoms with van der Waals surface area (Å²) in [5.41, 5.74) is 5.17. The average molecular weight is 510 g/mol. The first kappa shape index (κ1) is 24.4. The third kappa shape index (κ3) is 4.28. The van der Waals surface area contributed by atoms with E-state index in [9.17, 15) is 19.5 Å². The lowest BCUT2D eigenvalue weighted by molar-refractivity contribution is -0.203. The Labute approximate surface area is 222 Å². The van der Waals surface area contributed by atoms with E-state index in [1.807, 2.05) is 54.6 Å². The van der Waals surface area contributed by atoms with Crippen molar-refractivity contribution < 1.29 is 24.2 Å². The van der Waals surface area contributed by atoms with Crippen LogP contribution in [0, 0.1) is 16.7 Å². The van der Waals surface area contributed by atoms with Crippen molar-refractivity contribution in [2.24, 2.45) is 16.7 Å². The number of alkyl carbamates (subject to hydrolysis) is 1. The van der Waals surface area contributed by atoms with E-state index in [1.165, 1.54) is 22.3 Å². The van der Waals surface area contributed by atoms with Gasteiger partial charge in [0.05, 0.1) is 5.92 Å². The van der Waals surface area contributed by atoms with E-state index in [4.69, 9.17) is 4.74 Å². The maximum absolute atomic E-state index is 13.0. The molecule has 0 radical (unpaired) electrons. The van der Waals surface area contributed by atoms with Crippen molar-refractivity contribution in [3.05, 3.63) is 95.6 Å². The zero-order chi connectivity index (χ0) is 26.3. The van der Waals surface area contributed by atoms with Crippen molar-refractivity contribution in [3.8, 4) is 11.1 Å². The molecule has 2 N–H and O–H groups in total. The lowest BCUT2D eigenvalue weighted by Gasteiger charge is -2.70. The maximum atomic E-state index is 13.0. The van der Waals surface area contributed by atoms with Crippen molar-refractivity contribution in [1.29, 1.82) is 0 Å². The summed E-state index contributed by atoms with van der Waals surface area (Å²) in [6, 6.07) is 25.9. The van der Waals surface area contributed by atoms with Gasteiger partial charge in [-0.05, 0) is 58.9 Å². The molecule has 194 valence electrons. The Morgan fingerprint density at radius 1 is 0.868 bits per heavy atom. The molecule has 0 saturated heterocycles. The zero-order valence-electron chi connectivity index (χ0n) is 21.2. The molecule has 3 fully saturated rings. The predicted octanol–water partition coefficient (Wildman–Crippen LogP) is 5.60. The van der Waals surface area contributed by atoms with Crippen LogP contribution in [0.1, 0.15) is 48.3 Å². The number of Topliss-reactive ketones (excluding diaryl/α,β-unsaturated/α-hetero) is 1.